The maximum absolute atomic E-state index is 10.8. The van der Waals surface area contributed by atoms with Gasteiger partial charge in [0.05, 0.1) is 12.1 Å². The lowest BCUT2D eigenvalue weighted by Crippen LogP contribution is -2.57. The van der Waals surface area contributed by atoms with Crippen molar-refractivity contribution >= 4 is 0 Å². The van der Waals surface area contributed by atoms with Crippen LogP contribution in [0.1, 0.15) is 53.4 Å². The molecule has 0 aromatic carbocycles. The molecule has 0 aromatic rings. The van der Waals surface area contributed by atoms with Gasteiger partial charge in [0.25, 0.3) is 0 Å². The van der Waals surface area contributed by atoms with E-state index in [9.17, 15) is 5.11 Å². The number of ether oxygens (including phenoxy) is 1. The third-order valence-electron chi connectivity index (χ3n) is 4.36. The summed E-state index contributed by atoms with van der Waals surface area (Å²) in [7, 11) is 0. The SMILES string of the molecule is CCN(CC)C(CC)(CC)C(O)C1=CCCCO1. The fourth-order valence-electron chi connectivity index (χ4n) is 3.14. The van der Waals surface area contributed by atoms with E-state index in [0.29, 0.717) is 0 Å². The van der Waals surface area contributed by atoms with E-state index in [1.807, 2.05) is 0 Å². The summed E-state index contributed by atoms with van der Waals surface area (Å²) in [5.74, 6) is 0.789. The molecule has 0 fully saturated rings. The van der Waals surface area contributed by atoms with Gasteiger partial charge in [-0.2, -0.15) is 0 Å². The fourth-order valence-corrected chi connectivity index (χ4v) is 3.14. The van der Waals surface area contributed by atoms with Gasteiger partial charge in [-0.05, 0) is 44.8 Å². The Morgan fingerprint density at radius 2 is 1.89 bits per heavy atom. The van der Waals surface area contributed by atoms with Gasteiger partial charge in [-0.1, -0.05) is 27.7 Å². The van der Waals surface area contributed by atoms with E-state index in [2.05, 4.69) is 38.7 Å². The van der Waals surface area contributed by atoms with Crippen LogP contribution in [0.5, 0.6) is 0 Å². The van der Waals surface area contributed by atoms with Gasteiger partial charge in [-0.25, -0.2) is 0 Å². The lowest BCUT2D eigenvalue weighted by molar-refractivity contribution is -0.0455. The van der Waals surface area contributed by atoms with Gasteiger partial charge in [-0.15, -0.1) is 0 Å². The van der Waals surface area contributed by atoms with Crippen molar-refractivity contribution in [1.29, 1.82) is 0 Å². The molecule has 0 bridgehead atoms. The van der Waals surface area contributed by atoms with Crippen LogP contribution in [0.4, 0.5) is 0 Å². The summed E-state index contributed by atoms with van der Waals surface area (Å²) >= 11 is 0. The van der Waals surface area contributed by atoms with Crippen molar-refractivity contribution in [2.24, 2.45) is 0 Å². The van der Waals surface area contributed by atoms with Crippen LogP contribution < -0.4 is 0 Å². The van der Waals surface area contributed by atoms with E-state index < -0.39 is 6.10 Å². The first-order valence-corrected chi connectivity index (χ1v) is 7.42. The molecule has 0 spiro atoms. The summed E-state index contributed by atoms with van der Waals surface area (Å²) in [4.78, 5) is 2.37. The van der Waals surface area contributed by atoms with Gasteiger partial charge in [0.1, 0.15) is 11.9 Å². The number of nitrogens with zero attached hydrogens (tertiary/aromatic N) is 1. The topological polar surface area (TPSA) is 32.7 Å². The molecule has 1 N–H and O–H groups in total. The molecule has 18 heavy (non-hydrogen) atoms. The van der Waals surface area contributed by atoms with Gasteiger partial charge >= 0.3 is 0 Å². The molecule has 0 saturated heterocycles. The second kappa shape index (κ2) is 7.15. The summed E-state index contributed by atoms with van der Waals surface area (Å²) in [6.45, 7) is 11.3. The van der Waals surface area contributed by atoms with E-state index in [4.69, 9.17) is 4.74 Å². The third-order valence-corrected chi connectivity index (χ3v) is 4.36. The smallest absolute Gasteiger partial charge is 0.129 e. The Morgan fingerprint density at radius 1 is 1.28 bits per heavy atom. The van der Waals surface area contributed by atoms with Crippen LogP contribution in [0, 0.1) is 0 Å². The van der Waals surface area contributed by atoms with Crippen molar-refractivity contribution in [3.63, 3.8) is 0 Å². The van der Waals surface area contributed by atoms with Crippen LogP contribution >= 0.6 is 0 Å². The van der Waals surface area contributed by atoms with E-state index in [1.165, 1.54) is 0 Å². The first kappa shape index (κ1) is 15.5. The molecule has 1 aliphatic heterocycles. The van der Waals surface area contributed by atoms with Crippen LogP contribution in [0.3, 0.4) is 0 Å². The first-order chi connectivity index (χ1) is 8.66. The lowest BCUT2D eigenvalue weighted by atomic mass is 9.82. The molecule has 0 aliphatic carbocycles. The van der Waals surface area contributed by atoms with Gasteiger partial charge in [0, 0.05) is 0 Å². The van der Waals surface area contributed by atoms with Crippen molar-refractivity contribution < 1.29 is 9.84 Å². The highest BCUT2D eigenvalue weighted by Crippen LogP contribution is 2.33. The van der Waals surface area contributed by atoms with Crippen LogP contribution in [0.15, 0.2) is 11.8 Å². The van der Waals surface area contributed by atoms with E-state index in [1.54, 1.807) is 0 Å². The normalized spacial score (nSPS) is 18.4. The zero-order valence-electron chi connectivity index (χ0n) is 12.4. The van der Waals surface area contributed by atoms with Crippen LogP contribution in [-0.4, -0.2) is 41.3 Å². The molecule has 3 heteroatoms. The van der Waals surface area contributed by atoms with Crippen molar-refractivity contribution in [2.45, 2.75) is 65.0 Å². The Hall–Kier alpha value is -0.540. The van der Waals surface area contributed by atoms with Crippen molar-refractivity contribution in [3.05, 3.63) is 11.8 Å². The number of allylic oxidation sites excluding steroid dienone is 1. The monoisotopic (exact) mass is 255 g/mol. The highest BCUT2D eigenvalue weighted by Gasteiger charge is 2.41. The highest BCUT2D eigenvalue weighted by atomic mass is 16.5. The Labute approximate surface area is 112 Å². The summed E-state index contributed by atoms with van der Waals surface area (Å²) in [5.41, 5.74) is -0.188. The largest absolute Gasteiger partial charge is 0.495 e. The maximum atomic E-state index is 10.8. The van der Waals surface area contributed by atoms with Gasteiger partial charge in [0.15, 0.2) is 0 Å². The van der Waals surface area contributed by atoms with Gasteiger partial charge in [0.2, 0.25) is 0 Å². The highest BCUT2D eigenvalue weighted by molar-refractivity contribution is 5.12. The van der Waals surface area contributed by atoms with Crippen molar-refractivity contribution in [1.82, 2.24) is 4.90 Å². The number of hydrogen-bond donors (Lipinski definition) is 1. The first-order valence-electron chi connectivity index (χ1n) is 7.42. The van der Waals surface area contributed by atoms with Crippen LogP contribution in [-0.2, 0) is 4.74 Å². The Kier molecular flexibility index (Phi) is 6.16. The summed E-state index contributed by atoms with van der Waals surface area (Å²) in [6, 6.07) is 0. The van der Waals surface area contributed by atoms with Gasteiger partial charge in [-0.3, -0.25) is 4.90 Å². The summed E-state index contributed by atoms with van der Waals surface area (Å²) in [5, 5.41) is 10.8. The zero-order valence-corrected chi connectivity index (χ0v) is 12.4. The predicted octanol–water partition coefficient (Wildman–Crippen LogP) is 2.94. The van der Waals surface area contributed by atoms with Gasteiger partial charge < -0.3 is 9.84 Å². The number of likely N-dealkylation sites (N-methyl/N-ethyl adjacent to an activating group) is 1. The fraction of sp³-hybridized carbons (Fsp3) is 0.867. The molecule has 0 aromatic heterocycles. The van der Waals surface area contributed by atoms with E-state index >= 15 is 0 Å². The molecule has 0 amide bonds. The van der Waals surface area contributed by atoms with Crippen LogP contribution in [0.2, 0.25) is 0 Å². The van der Waals surface area contributed by atoms with Crippen LogP contribution in [0.25, 0.3) is 0 Å². The quantitative estimate of drug-likeness (QED) is 0.759. The molecule has 1 rings (SSSR count). The molecule has 1 heterocycles. The van der Waals surface area contributed by atoms with Crippen molar-refractivity contribution in [2.75, 3.05) is 19.7 Å². The molecule has 1 unspecified atom stereocenters. The zero-order chi connectivity index (χ0) is 13.6. The van der Waals surface area contributed by atoms with E-state index in [0.717, 1.165) is 51.1 Å². The molecule has 106 valence electrons. The number of rotatable bonds is 7. The molecule has 3 nitrogen and oxygen atoms in total. The number of hydrogen-bond acceptors (Lipinski definition) is 3. The maximum Gasteiger partial charge on any atom is 0.129 e. The Balaban J connectivity index is 2.98. The summed E-state index contributed by atoms with van der Waals surface area (Å²) < 4.78 is 5.67. The molecule has 0 saturated carbocycles. The molecule has 0 radical (unpaired) electrons. The molecular weight excluding hydrogens is 226 g/mol. The number of aliphatic hydroxyl groups is 1. The summed E-state index contributed by atoms with van der Waals surface area (Å²) in [6.07, 6.45) is 5.52. The Morgan fingerprint density at radius 3 is 2.28 bits per heavy atom. The third kappa shape index (κ3) is 2.89. The molecule has 1 atom stereocenters. The van der Waals surface area contributed by atoms with E-state index in [-0.39, 0.29) is 5.54 Å². The van der Waals surface area contributed by atoms with Crippen molar-refractivity contribution in [3.8, 4) is 0 Å². The average molecular weight is 255 g/mol. The predicted molar refractivity (Wildman–Crippen MR) is 75.5 cm³/mol. The number of aliphatic hydroxyl groups excluding tert-OH is 1. The molecular formula is C15H29NO2. The minimum absolute atomic E-state index is 0.188. The molecule has 1 aliphatic rings. The second-order valence-electron chi connectivity index (χ2n) is 4.98. The Bertz CT molecular complexity index is 268. The lowest BCUT2D eigenvalue weighted by Gasteiger charge is -2.46. The minimum Gasteiger partial charge on any atom is -0.495 e. The average Bonchev–Trinajstić information content (AvgIpc) is 2.45. The minimum atomic E-state index is -0.507. The second-order valence-corrected chi connectivity index (χ2v) is 4.98. The standard InChI is InChI=1S/C15H29NO2/c1-5-15(6-2,16(7-3)8-4)14(17)13-11-9-10-12-18-13/h11,14,17H,5-10,12H2,1-4H3.